The van der Waals surface area contributed by atoms with E-state index in [0.717, 1.165) is 5.56 Å². The molecular weight excluding hydrogens is 278 g/mol. The van der Waals surface area contributed by atoms with Crippen molar-refractivity contribution in [3.8, 4) is 6.07 Å². The number of hydrogen-bond donors (Lipinski definition) is 0. The zero-order valence-electron chi connectivity index (χ0n) is 11.8. The number of para-hydroxylation sites is 1. The summed E-state index contributed by atoms with van der Waals surface area (Å²) in [5.41, 5.74) is 1.97. The van der Waals surface area contributed by atoms with Crippen molar-refractivity contribution in [2.75, 3.05) is 11.4 Å². The third kappa shape index (κ3) is 2.54. The zero-order chi connectivity index (χ0) is 15.5. The second-order valence-electron chi connectivity index (χ2n) is 5.00. The molecule has 0 bridgehead atoms. The SMILES string of the molecule is N#Cc1cccc(CN2C(=O)CN(c3ccccc3)C2=O)c1. The van der Waals surface area contributed by atoms with Crippen LogP contribution in [-0.4, -0.2) is 23.4 Å². The summed E-state index contributed by atoms with van der Waals surface area (Å²) in [7, 11) is 0. The first kappa shape index (κ1) is 13.8. The lowest BCUT2D eigenvalue weighted by Crippen LogP contribution is -2.32. The number of rotatable bonds is 3. The molecule has 2 aromatic rings. The molecule has 1 fully saturated rings. The molecule has 0 unspecified atom stereocenters. The van der Waals surface area contributed by atoms with Crippen molar-refractivity contribution in [1.82, 2.24) is 4.90 Å². The standard InChI is InChI=1S/C17H13N3O2/c18-10-13-5-4-6-14(9-13)11-20-16(21)12-19(17(20)22)15-7-2-1-3-8-15/h1-9H,11-12H2. The number of carbonyl (C=O) groups is 2. The molecule has 5 nitrogen and oxygen atoms in total. The molecule has 1 heterocycles. The Morgan fingerprint density at radius 1 is 1.05 bits per heavy atom. The average Bonchev–Trinajstić information content (AvgIpc) is 2.84. The molecule has 2 aromatic carbocycles. The first-order chi connectivity index (χ1) is 10.7. The number of carbonyl (C=O) groups excluding carboxylic acids is 2. The summed E-state index contributed by atoms with van der Waals surface area (Å²) in [6.07, 6.45) is 0. The number of imide groups is 1. The van der Waals surface area contributed by atoms with Crippen molar-refractivity contribution >= 4 is 17.6 Å². The van der Waals surface area contributed by atoms with Crippen molar-refractivity contribution < 1.29 is 9.59 Å². The van der Waals surface area contributed by atoms with Gasteiger partial charge in [-0.3, -0.25) is 14.6 Å². The van der Waals surface area contributed by atoms with Crippen LogP contribution >= 0.6 is 0 Å². The second-order valence-corrected chi connectivity index (χ2v) is 5.00. The van der Waals surface area contributed by atoms with Gasteiger partial charge in [0.15, 0.2) is 0 Å². The Bertz CT molecular complexity index is 765. The lowest BCUT2D eigenvalue weighted by molar-refractivity contribution is -0.125. The molecule has 0 aliphatic carbocycles. The molecule has 108 valence electrons. The van der Waals surface area contributed by atoms with Gasteiger partial charge in [0.25, 0.3) is 5.91 Å². The highest BCUT2D eigenvalue weighted by Crippen LogP contribution is 2.22. The molecule has 0 atom stereocenters. The Hall–Kier alpha value is -3.13. The lowest BCUT2D eigenvalue weighted by atomic mass is 10.1. The van der Waals surface area contributed by atoms with Crippen LogP contribution in [0, 0.1) is 11.3 Å². The van der Waals surface area contributed by atoms with Crippen LogP contribution in [0.3, 0.4) is 0 Å². The summed E-state index contributed by atoms with van der Waals surface area (Å²) in [4.78, 5) is 27.2. The number of nitrogens with zero attached hydrogens (tertiary/aromatic N) is 3. The molecule has 0 spiro atoms. The minimum absolute atomic E-state index is 0.0424. The number of anilines is 1. The van der Waals surface area contributed by atoms with E-state index in [2.05, 4.69) is 6.07 Å². The van der Waals surface area contributed by atoms with Gasteiger partial charge >= 0.3 is 6.03 Å². The van der Waals surface area contributed by atoms with Gasteiger partial charge in [-0.05, 0) is 29.8 Å². The van der Waals surface area contributed by atoms with Crippen LogP contribution in [0.1, 0.15) is 11.1 Å². The maximum Gasteiger partial charge on any atom is 0.332 e. The van der Waals surface area contributed by atoms with E-state index in [4.69, 9.17) is 5.26 Å². The average molecular weight is 291 g/mol. The molecule has 1 aliphatic rings. The van der Waals surface area contributed by atoms with E-state index >= 15 is 0 Å². The summed E-state index contributed by atoms with van der Waals surface area (Å²) in [5, 5.41) is 8.91. The Morgan fingerprint density at radius 2 is 1.82 bits per heavy atom. The molecule has 1 saturated heterocycles. The number of benzene rings is 2. The van der Waals surface area contributed by atoms with E-state index in [1.165, 1.54) is 9.80 Å². The fraction of sp³-hybridized carbons (Fsp3) is 0.118. The zero-order valence-corrected chi connectivity index (χ0v) is 11.8. The molecule has 0 N–H and O–H groups in total. The molecular formula is C17H13N3O2. The molecule has 3 amide bonds. The predicted molar refractivity (Wildman–Crippen MR) is 80.9 cm³/mol. The fourth-order valence-electron chi connectivity index (χ4n) is 2.43. The quantitative estimate of drug-likeness (QED) is 0.816. The van der Waals surface area contributed by atoms with Gasteiger partial charge in [0.2, 0.25) is 0 Å². The number of urea groups is 1. The smallest absolute Gasteiger partial charge is 0.285 e. The van der Waals surface area contributed by atoms with Crippen molar-refractivity contribution in [2.45, 2.75) is 6.54 Å². The lowest BCUT2D eigenvalue weighted by Gasteiger charge is -2.17. The molecule has 22 heavy (non-hydrogen) atoms. The predicted octanol–water partition coefficient (Wildman–Crippen LogP) is 2.53. The minimum atomic E-state index is -0.335. The van der Waals surface area contributed by atoms with Gasteiger partial charge in [0.1, 0.15) is 6.54 Å². The van der Waals surface area contributed by atoms with Crippen molar-refractivity contribution in [2.24, 2.45) is 0 Å². The van der Waals surface area contributed by atoms with Gasteiger partial charge in [-0.2, -0.15) is 5.26 Å². The topological polar surface area (TPSA) is 64.4 Å². The molecule has 0 aromatic heterocycles. The summed E-state index contributed by atoms with van der Waals surface area (Å²) in [5.74, 6) is -0.240. The Kier molecular flexibility index (Phi) is 3.58. The molecule has 1 aliphatic heterocycles. The summed E-state index contributed by atoms with van der Waals surface area (Å²) >= 11 is 0. The van der Waals surface area contributed by atoms with Gasteiger partial charge < -0.3 is 0 Å². The fourth-order valence-corrected chi connectivity index (χ4v) is 2.43. The van der Waals surface area contributed by atoms with E-state index in [-0.39, 0.29) is 25.0 Å². The third-order valence-electron chi connectivity index (χ3n) is 3.52. The van der Waals surface area contributed by atoms with Gasteiger partial charge in [-0.15, -0.1) is 0 Å². The van der Waals surface area contributed by atoms with Crippen LogP contribution in [0.25, 0.3) is 0 Å². The van der Waals surface area contributed by atoms with Crippen LogP contribution in [-0.2, 0) is 11.3 Å². The third-order valence-corrected chi connectivity index (χ3v) is 3.52. The number of nitriles is 1. The minimum Gasteiger partial charge on any atom is -0.285 e. The van der Waals surface area contributed by atoms with E-state index < -0.39 is 0 Å². The first-order valence-electron chi connectivity index (χ1n) is 6.85. The Labute approximate surface area is 128 Å². The monoisotopic (exact) mass is 291 g/mol. The van der Waals surface area contributed by atoms with Crippen molar-refractivity contribution in [3.63, 3.8) is 0 Å². The maximum atomic E-state index is 12.4. The van der Waals surface area contributed by atoms with Gasteiger partial charge in [-0.25, -0.2) is 4.79 Å². The highest BCUT2D eigenvalue weighted by Gasteiger charge is 2.36. The molecule has 0 radical (unpaired) electrons. The normalized spacial score (nSPS) is 14.3. The number of hydrogen-bond acceptors (Lipinski definition) is 3. The number of amides is 3. The van der Waals surface area contributed by atoms with E-state index in [9.17, 15) is 9.59 Å². The van der Waals surface area contributed by atoms with Gasteiger partial charge in [-0.1, -0.05) is 30.3 Å². The largest absolute Gasteiger partial charge is 0.332 e. The van der Waals surface area contributed by atoms with Crippen molar-refractivity contribution in [1.29, 1.82) is 5.26 Å². The Morgan fingerprint density at radius 3 is 2.55 bits per heavy atom. The van der Waals surface area contributed by atoms with Crippen LogP contribution in [0.4, 0.5) is 10.5 Å². The Balaban J connectivity index is 1.82. The highest BCUT2D eigenvalue weighted by molar-refractivity contribution is 6.12. The maximum absolute atomic E-state index is 12.4. The van der Waals surface area contributed by atoms with E-state index in [1.807, 2.05) is 18.2 Å². The van der Waals surface area contributed by atoms with Gasteiger partial charge in [0, 0.05) is 5.69 Å². The highest BCUT2D eigenvalue weighted by atomic mass is 16.2. The van der Waals surface area contributed by atoms with Crippen LogP contribution in [0.15, 0.2) is 54.6 Å². The van der Waals surface area contributed by atoms with Crippen molar-refractivity contribution in [3.05, 3.63) is 65.7 Å². The summed E-state index contributed by atoms with van der Waals surface area (Å²) in [6, 6.07) is 17.7. The van der Waals surface area contributed by atoms with E-state index in [0.29, 0.717) is 11.3 Å². The molecule has 3 rings (SSSR count). The second kappa shape index (κ2) is 5.70. The molecule has 5 heteroatoms. The first-order valence-corrected chi connectivity index (χ1v) is 6.85. The summed E-state index contributed by atoms with van der Waals surface area (Å²) < 4.78 is 0. The van der Waals surface area contributed by atoms with Crippen LogP contribution in [0.5, 0.6) is 0 Å². The van der Waals surface area contributed by atoms with Crippen LogP contribution < -0.4 is 4.90 Å². The molecule has 0 saturated carbocycles. The van der Waals surface area contributed by atoms with Gasteiger partial charge in [0.05, 0.1) is 18.2 Å². The summed E-state index contributed by atoms with van der Waals surface area (Å²) in [6.45, 7) is 0.220. The van der Waals surface area contributed by atoms with E-state index in [1.54, 1.807) is 36.4 Å². The van der Waals surface area contributed by atoms with Crippen LogP contribution in [0.2, 0.25) is 0 Å².